The minimum absolute atomic E-state index is 0.121. The molecule has 1 rings (SSSR count). The molecule has 1 aliphatic rings. The molecule has 0 saturated carbocycles. The number of amides is 2. The van der Waals surface area contributed by atoms with Crippen LogP contribution in [0.15, 0.2) is 0 Å². The number of halogens is 1. The zero-order valence-corrected chi connectivity index (χ0v) is 6.53. The van der Waals surface area contributed by atoms with Gasteiger partial charge in [0.1, 0.15) is 3.92 Å². The molecule has 0 spiro atoms. The number of carbonyl (C=O) groups excluding carboxylic acids is 2. The Morgan fingerprint density at radius 1 is 1.67 bits per heavy atom. The van der Waals surface area contributed by atoms with Crippen molar-refractivity contribution >= 4 is 34.4 Å². The fourth-order valence-electron chi connectivity index (χ4n) is 0.583. The van der Waals surface area contributed by atoms with E-state index in [0.717, 1.165) is 0 Å². The Bertz CT molecular complexity index is 169. The highest BCUT2D eigenvalue weighted by molar-refractivity contribution is 14.1. The molecule has 2 amide bonds. The fourth-order valence-corrected chi connectivity index (χ4v) is 1.22. The molecule has 0 bridgehead atoms. The average Bonchev–Trinajstić information content (AvgIpc) is 1.98. The maximum atomic E-state index is 10.6. The third-order valence-electron chi connectivity index (χ3n) is 1.07. The summed E-state index contributed by atoms with van der Waals surface area (Å²) in [6, 6.07) is 0. The number of rotatable bonds is 0. The smallest absolute Gasteiger partial charge is 0.266 e. The molecule has 1 N–H and O–H groups in total. The summed E-state index contributed by atoms with van der Waals surface area (Å²) in [5.74, 6) is -1.03. The maximum Gasteiger partial charge on any atom is 0.266 e. The quantitative estimate of drug-likeness (QED) is 0.279. The Morgan fingerprint density at radius 2 is 2.22 bits per heavy atom. The van der Waals surface area contributed by atoms with Crippen molar-refractivity contribution in [3.05, 3.63) is 0 Å². The number of carbonyl (C=O) groups is 2. The third-order valence-corrected chi connectivity index (χ3v) is 2.04. The lowest BCUT2D eigenvalue weighted by atomic mass is 10.4. The molecule has 1 unspecified atom stereocenters. The van der Waals surface area contributed by atoms with E-state index in [9.17, 15) is 9.59 Å². The first kappa shape index (κ1) is 6.94. The van der Waals surface area contributed by atoms with Crippen LogP contribution in [0.2, 0.25) is 0 Å². The summed E-state index contributed by atoms with van der Waals surface area (Å²) in [6.45, 7) is 0. The lowest BCUT2D eigenvalue weighted by Crippen LogP contribution is -2.26. The van der Waals surface area contributed by atoms with Gasteiger partial charge in [-0.1, -0.05) is 22.6 Å². The summed E-state index contributed by atoms with van der Waals surface area (Å²) in [5.41, 5.74) is 0. The van der Waals surface area contributed by atoms with E-state index in [1.807, 2.05) is 22.6 Å². The molecule has 0 aliphatic carbocycles. The second-order valence-corrected chi connectivity index (χ2v) is 3.22. The van der Waals surface area contributed by atoms with Gasteiger partial charge in [-0.2, -0.15) is 5.06 Å². The van der Waals surface area contributed by atoms with Crippen molar-refractivity contribution in [1.82, 2.24) is 5.06 Å². The number of hydrogen-bond acceptors (Lipinski definition) is 3. The van der Waals surface area contributed by atoms with E-state index >= 15 is 0 Å². The van der Waals surface area contributed by atoms with E-state index in [1.54, 1.807) is 0 Å². The minimum atomic E-state index is -0.514. The van der Waals surface area contributed by atoms with Crippen molar-refractivity contribution in [2.75, 3.05) is 0 Å². The van der Waals surface area contributed by atoms with Crippen LogP contribution < -0.4 is 0 Å². The summed E-state index contributed by atoms with van der Waals surface area (Å²) >= 11 is 1.82. The molecule has 0 aromatic carbocycles. The van der Waals surface area contributed by atoms with Crippen LogP contribution in [0.5, 0.6) is 0 Å². The van der Waals surface area contributed by atoms with E-state index < -0.39 is 11.8 Å². The zero-order chi connectivity index (χ0) is 7.02. The third kappa shape index (κ3) is 1.06. The first-order valence-corrected chi connectivity index (χ1v) is 3.57. The standard InChI is InChI=1S/C4H4INO3/c5-2-1-3(7)6(9)4(2)8/h2,9H,1H2. The molecule has 0 aromatic heterocycles. The van der Waals surface area contributed by atoms with E-state index in [-0.39, 0.29) is 15.4 Å². The van der Waals surface area contributed by atoms with Crippen molar-refractivity contribution < 1.29 is 14.8 Å². The summed E-state index contributed by atoms with van der Waals surface area (Å²) < 4.78 is -0.375. The lowest BCUT2D eigenvalue weighted by molar-refractivity contribution is -0.170. The van der Waals surface area contributed by atoms with Gasteiger partial charge in [0.25, 0.3) is 11.8 Å². The average molecular weight is 241 g/mol. The Hall–Kier alpha value is -0.170. The molecule has 1 fully saturated rings. The highest BCUT2D eigenvalue weighted by Gasteiger charge is 2.35. The van der Waals surface area contributed by atoms with Gasteiger partial charge in [0, 0.05) is 0 Å². The van der Waals surface area contributed by atoms with Crippen molar-refractivity contribution in [3.63, 3.8) is 0 Å². The van der Waals surface area contributed by atoms with Gasteiger partial charge in [-0.05, 0) is 0 Å². The van der Waals surface area contributed by atoms with Gasteiger partial charge in [0.15, 0.2) is 0 Å². The van der Waals surface area contributed by atoms with Crippen LogP contribution in [0.25, 0.3) is 0 Å². The number of hydroxylamine groups is 2. The van der Waals surface area contributed by atoms with Gasteiger partial charge < -0.3 is 0 Å². The van der Waals surface area contributed by atoms with Crippen molar-refractivity contribution in [1.29, 1.82) is 0 Å². The number of alkyl halides is 1. The highest BCUT2D eigenvalue weighted by atomic mass is 127. The molecule has 0 aromatic rings. The van der Waals surface area contributed by atoms with Crippen LogP contribution in [-0.4, -0.2) is 26.0 Å². The van der Waals surface area contributed by atoms with Gasteiger partial charge in [-0.25, -0.2) is 0 Å². The Labute approximate surface area is 64.9 Å². The predicted molar refractivity (Wildman–Crippen MR) is 36.1 cm³/mol. The second-order valence-electron chi connectivity index (χ2n) is 1.72. The second kappa shape index (κ2) is 2.22. The van der Waals surface area contributed by atoms with Gasteiger partial charge >= 0.3 is 0 Å². The van der Waals surface area contributed by atoms with E-state index in [1.165, 1.54) is 0 Å². The topological polar surface area (TPSA) is 57.6 Å². The van der Waals surface area contributed by atoms with Crippen LogP contribution in [0, 0.1) is 0 Å². The number of imide groups is 1. The monoisotopic (exact) mass is 241 g/mol. The van der Waals surface area contributed by atoms with Crippen LogP contribution in [0.4, 0.5) is 0 Å². The molecular weight excluding hydrogens is 237 g/mol. The number of nitrogens with zero attached hydrogens (tertiary/aromatic N) is 1. The fraction of sp³-hybridized carbons (Fsp3) is 0.500. The molecule has 1 saturated heterocycles. The zero-order valence-electron chi connectivity index (χ0n) is 4.37. The normalized spacial score (nSPS) is 27.8. The number of hydrogen-bond donors (Lipinski definition) is 1. The Morgan fingerprint density at radius 3 is 2.33 bits per heavy atom. The van der Waals surface area contributed by atoms with Crippen LogP contribution in [-0.2, 0) is 9.59 Å². The highest BCUT2D eigenvalue weighted by Crippen LogP contribution is 2.17. The summed E-state index contributed by atoms with van der Waals surface area (Å²) in [5, 5.41) is 8.74. The summed E-state index contributed by atoms with van der Waals surface area (Å²) in [7, 11) is 0. The van der Waals surface area contributed by atoms with Gasteiger partial charge in [0.2, 0.25) is 0 Å². The van der Waals surface area contributed by atoms with Crippen molar-refractivity contribution in [3.8, 4) is 0 Å². The maximum absolute atomic E-state index is 10.6. The lowest BCUT2D eigenvalue weighted by Gasteiger charge is -2.00. The SMILES string of the molecule is O=C1CC(I)C(=O)N1O. The summed E-state index contributed by atoms with van der Waals surface area (Å²) in [4.78, 5) is 21.0. The first-order valence-electron chi connectivity index (χ1n) is 2.32. The molecule has 0 radical (unpaired) electrons. The summed E-state index contributed by atoms with van der Waals surface area (Å²) in [6.07, 6.45) is 0.121. The molecule has 9 heavy (non-hydrogen) atoms. The van der Waals surface area contributed by atoms with Gasteiger partial charge in [0.05, 0.1) is 6.42 Å². The molecule has 1 atom stereocenters. The first-order chi connectivity index (χ1) is 4.13. The Kier molecular flexibility index (Phi) is 1.71. The van der Waals surface area contributed by atoms with Crippen molar-refractivity contribution in [2.24, 2.45) is 0 Å². The minimum Gasteiger partial charge on any atom is -0.278 e. The molecular formula is C4H4INO3. The predicted octanol–water partition coefficient (Wildman–Crippen LogP) is -0.0619. The Balaban J connectivity index is 2.77. The van der Waals surface area contributed by atoms with E-state index in [2.05, 4.69) is 0 Å². The van der Waals surface area contributed by atoms with Crippen LogP contribution in [0.1, 0.15) is 6.42 Å². The van der Waals surface area contributed by atoms with Crippen molar-refractivity contribution in [2.45, 2.75) is 10.3 Å². The van der Waals surface area contributed by atoms with Gasteiger partial charge in [-0.15, -0.1) is 0 Å². The van der Waals surface area contributed by atoms with E-state index in [0.29, 0.717) is 0 Å². The van der Waals surface area contributed by atoms with Gasteiger partial charge in [-0.3, -0.25) is 14.8 Å². The van der Waals surface area contributed by atoms with Crippen LogP contribution >= 0.6 is 22.6 Å². The molecule has 50 valence electrons. The van der Waals surface area contributed by atoms with E-state index in [4.69, 9.17) is 5.21 Å². The molecule has 5 heteroatoms. The van der Waals surface area contributed by atoms with Crippen LogP contribution in [0.3, 0.4) is 0 Å². The molecule has 1 aliphatic heterocycles. The largest absolute Gasteiger partial charge is 0.278 e. The molecule has 4 nitrogen and oxygen atoms in total. The molecule has 1 heterocycles.